The molecule has 0 unspecified atom stereocenters. The van der Waals surface area contributed by atoms with Gasteiger partial charge in [0, 0.05) is 36.4 Å². The highest BCUT2D eigenvalue weighted by molar-refractivity contribution is 5.93. The number of benzene rings is 2. The molecule has 0 atom stereocenters. The van der Waals surface area contributed by atoms with Crippen LogP contribution in [0.2, 0.25) is 0 Å². The summed E-state index contributed by atoms with van der Waals surface area (Å²) >= 11 is 0. The van der Waals surface area contributed by atoms with Gasteiger partial charge in [-0.25, -0.2) is 41.1 Å². The summed E-state index contributed by atoms with van der Waals surface area (Å²) in [6.45, 7) is 0. The first-order valence-electron chi connectivity index (χ1n) is 13.1. The van der Waals surface area contributed by atoms with Gasteiger partial charge in [-0.1, -0.05) is 12.1 Å². The number of amidine groups is 1. The first-order chi connectivity index (χ1) is 21.5. The number of pyridine rings is 2. The monoisotopic (exact) mass is 624 g/mol. The number of nitrogen functional groups attached to an aromatic ring is 1. The third-order valence-corrected chi connectivity index (χ3v) is 6.82. The first kappa shape index (κ1) is 30.8. The quantitative estimate of drug-likeness (QED) is 0.0806. The minimum atomic E-state index is -1.26. The number of hydrogen-bond donors (Lipinski definition) is 2. The molecule has 0 fully saturated rings. The van der Waals surface area contributed by atoms with Crippen LogP contribution in [0.5, 0.6) is 0 Å². The zero-order valence-electron chi connectivity index (χ0n) is 23.3. The molecule has 0 aliphatic heterocycles. The number of carbonyl (C=O) groups excluding carboxylic acids is 1. The van der Waals surface area contributed by atoms with Crippen LogP contribution in [-0.4, -0.2) is 37.7 Å². The van der Waals surface area contributed by atoms with E-state index in [0.717, 1.165) is 24.3 Å². The number of carbonyl (C=O) groups is 1. The normalized spacial score (nSPS) is 11.0. The molecule has 6 rings (SSSR count). The lowest BCUT2D eigenvalue weighted by Gasteiger charge is -2.04. The molecule has 0 bridgehead atoms. The summed E-state index contributed by atoms with van der Waals surface area (Å²) in [5.74, 6) is -7.28. The lowest BCUT2D eigenvalue weighted by Crippen LogP contribution is -2.15. The molecule has 45 heavy (non-hydrogen) atoms. The van der Waals surface area contributed by atoms with Gasteiger partial charge < -0.3 is 10.5 Å². The van der Waals surface area contributed by atoms with Crippen molar-refractivity contribution in [2.24, 2.45) is 5.73 Å². The molecule has 4 aromatic heterocycles. The molecule has 0 amide bonds. The summed E-state index contributed by atoms with van der Waals surface area (Å²) in [6, 6.07) is 13.3. The van der Waals surface area contributed by atoms with Gasteiger partial charge in [-0.2, -0.15) is 0 Å². The lowest BCUT2D eigenvalue weighted by atomic mass is 10.1. The second kappa shape index (κ2) is 12.5. The Bertz CT molecular complexity index is 2090. The number of rotatable bonds is 6. The number of fused-ring (bicyclic) bond motifs is 2. The Hall–Kier alpha value is -5.66. The molecule has 4 heterocycles. The summed E-state index contributed by atoms with van der Waals surface area (Å²) in [5, 5.41) is 7.52. The molecule has 8 nitrogen and oxygen atoms in total. The third-order valence-electron chi connectivity index (χ3n) is 6.82. The number of esters is 1. The zero-order valence-corrected chi connectivity index (χ0v) is 23.3. The van der Waals surface area contributed by atoms with Crippen LogP contribution in [0.25, 0.3) is 11.0 Å². The molecule has 0 radical (unpaired) electrons. The smallest absolute Gasteiger partial charge is 0.374 e. The topological polar surface area (TPSA) is 111 Å². The largest absolute Gasteiger partial charge is 0.463 e. The van der Waals surface area contributed by atoms with Gasteiger partial charge in [-0.3, -0.25) is 14.2 Å². The molecule has 0 aliphatic carbocycles. The zero-order chi connectivity index (χ0) is 32.4. The van der Waals surface area contributed by atoms with Crippen LogP contribution in [0.4, 0.5) is 26.3 Å². The molecule has 0 saturated heterocycles. The molecule has 6 aromatic rings. The van der Waals surface area contributed by atoms with E-state index >= 15 is 0 Å². The van der Waals surface area contributed by atoms with Gasteiger partial charge in [0.25, 0.3) is 0 Å². The van der Waals surface area contributed by atoms with E-state index in [0.29, 0.717) is 16.7 Å². The number of halogens is 6. The minimum Gasteiger partial charge on any atom is -0.463 e. The summed E-state index contributed by atoms with van der Waals surface area (Å²) in [7, 11) is 1.21. The fourth-order valence-electron chi connectivity index (χ4n) is 4.69. The average molecular weight is 625 g/mol. The molecule has 0 spiro atoms. The highest BCUT2D eigenvalue weighted by atomic mass is 19.2. The maximum Gasteiger partial charge on any atom is 0.374 e. The Morgan fingerprint density at radius 2 is 1.13 bits per heavy atom. The number of hydrogen-bond acceptors (Lipinski definition) is 5. The standard InChI is InChI=1S/C16H11F3N2O2.C15H11F3N4/c1-23-16(22)15-20-12(13-4-2-3-7-21(13)15)8-9-10(17)5-6-11(18)14(9)19;16-9-4-5-10(17)13(18)8(9)7-11-12-3-1-2-6-22(12)15(21-11)14(19)20/h2-7H,8H2,1H3;1-6H,7H2,(H3,19,20). The van der Waals surface area contributed by atoms with Crippen molar-refractivity contribution in [3.8, 4) is 0 Å². The van der Waals surface area contributed by atoms with Gasteiger partial charge in [0.05, 0.1) is 29.5 Å². The van der Waals surface area contributed by atoms with Crippen molar-refractivity contribution >= 4 is 22.8 Å². The molecule has 0 saturated carbocycles. The Kier molecular flexibility index (Phi) is 8.57. The van der Waals surface area contributed by atoms with Crippen molar-refractivity contribution in [1.82, 2.24) is 18.8 Å². The molecule has 230 valence electrons. The van der Waals surface area contributed by atoms with Crippen molar-refractivity contribution in [2.45, 2.75) is 12.8 Å². The van der Waals surface area contributed by atoms with Gasteiger partial charge >= 0.3 is 5.97 Å². The molecular weight excluding hydrogens is 602 g/mol. The van der Waals surface area contributed by atoms with Crippen molar-refractivity contribution in [2.75, 3.05) is 7.11 Å². The Morgan fingerprint density at radius 3 is 1.58 bits per heavy atom. The number of nitrogens with one attached hydrogen (secondary N) is 1. The minimum absolute atomic E-state index is 0.0182. The number of nitrogens with two attached hydrogens (primary N) is 1. The Balaban J connectivity index is 0.000000178. The Labute approximate surface area is 250 Å². The summed E-state index contributed by atoms with van der Waals surface area (Å²) in [6.07, 6.45) is 2.69. The first-order valence-corrected chi connectivity index (χ1v) is 13.1. The summed E-state index contributed by atoms with van der Waals surface area (Å²) in [5.41, 5.74) is 6.21. The highest BCUT2D eigenvalue weighted by Crippen LogP contribution is 2.24. The van der Waals surface area contributed by atoms with E-state index in [4.69, 9.17) is 11.1 Å². The maximum absolute atomic E-state index is 13.8. The fraction of sp³-hybridized carbons (Fsp3) is 0.0968. The average Bonchev–Trinajstić information content (AvgIpc) is 3.60. The fourth-order valence-corrected chi connectivity index (χ4v) is 4.69. The second-order valence-corrected chi connectivity index (χ2v) is 9.58. The van der Waals surface area contributed by atoms with E-state index in [1.165, 1.54) is 11.5 Å². The number of ether oxygens (including phenoxy) is 1. The van der Waals surface area contributed by atoms with Gasteiger partial charge in [0.2, 0.25) is 5.82 Å². The van der Waals surface area contributed by atoms with Crippen molar-refractivity contribution < 1.29 is 35.9 Å². The maximum atomic E-state index is 13.8. The van der Waals surface area contributed by atoms with E-state index in [1.54, 1.807) is 53.2 Å². The molecule has 2 aromatic carbocycles. The van der Waals surface area contributed by atoms with Gasteiger partial charge in [-0.15, -0.1) is 0 Å². The number of nitrogens with zero attached hydrogens (tertiary/aromatic N) is 4. The van der Waals surface area contributed by atoms with Gasteiger partial charge in [-0.05, 0) is 48.5 Å². The predicted molar refractivity (Wildman–Crippen MR) is 151 cm³/mol. The number of methoxy groups -OCH3 is 1. The Morgan fingerprint density at radius 1 is 0.711 bits per heavy atom. The number of aromatic nitrogens is 4. The van der Waals surface area contributed by atoms with E-state index in [2.05, 4.69) is 14.7 Å². The van der Waals surface area contributed by atoms with Crippen LogP contribution in [0.1, 0.15) is 39.0 Å². The summed E-state index contributed by atoms with van der Waals surface area (Å²) < 4.78 is 89.5. The van der Waals surface area contributed by atoms with E-state index < -0.39 is 52.0 Å². The van der Waals surface area contributed by atoms with E-state index in [9.17, 15) is 31.1 Å². The van der Waals surface area contributed by atoms with Crippen LogP contribution in [0, 0.1) is 40.3 Å². The van der Waals surface area contributed by atoms with Crippen LogP contribution < -0.4 is 5.73 Å². The van der Waals surface area contributed by atoms with E-state index in [1.807, 2.05) is 0 Å². The number of imidazole rings is 2. The van der Waals surface area contributed by atoms with Crippen LogP contribution in [0.15, 0.2) is 73.1 Å². The predicted octanol–water partition coefficient (Wildman–Crippen LogP) is 5.76. The molecule has 14 heteroatoms. The van der Waals surface area contributed by atoms with E-state index in [-0.39, 0.29) is 36.0 Å². The highest BCUT2D eigenvalue weighted by Gasteiger charge is 2.22. The molecule has 3 N–H and O–H groups in total. The molecule has 0 aliphatic rings. The summed E-state index contributed by atoms with van der Waals surface area (Å²) in [4.78, 5) is 20.0. The second-order valence-electron chi connectivity index (χ2n) is 9.58. The molecular formula is C31H22F6N6O2. The van der Waals surface area contributed by atoms with Gasteiger partial charge in [0.1, 0.15) is 11.6 Å². The van der Waals surface area contributed by atoms with Crippen LogP contribution in [0.3, 0.4) is 0 Å². The van der Waals surface area contributed by atoms with Gasteiger partial charge in [0.15, 0.2) is 34.9 Å². The van der Waals surface area contributed by atoms with Crippen molar-refractivity contribution in [3.63, 3.8) is 0 Å². The van der Waals surface area contributed by atoms with Crippen molar-refractivity contribution in [1.29, 1.82) is 5.41 Å². The lowest BCUT2D eigenvalue weighted by molar-refractivity contribution is 0.0586. The van der Waals surface area contributed by atoms with Crippen LogP contribution in [-0.2, 0) is 17.6 Å². The SMILES string of the molecule is COC(=O)c1nc(Cc2c(F)ccc(F)c2F)c2ccccn12.N=C(N)c1nc(Cc2c(F)ccc(F)c2F)c2ccccn12. The van der Waals surface area contributed by atoms with Crippen LogP contribution >= 0.6 is 0 Å². The van der Waals surface area contributed by atoms with Crippen molar-refractivity contribution in [3.05, 3.63) is 142 Å². The third kappa shape index (κ3) is 5.94.